The summed E-state index contributed by atoms with van der Waals surface area (Å²) in [4.78, 5) is 4.39. The van der Waals surface area contributed by atoms with Crippen molar-refractivity contribution in [3.05, 3.63) is 28.8 Å². The molecule has 2 aromatic rings. The molecule has 0 saturated heterocycles. The summed E-state index contributed by atoms with van der Waals surface area (Å²) in [7, 11) is 1.76. The molecule has 0 bridgehead atoms. The molecule has 1 aromatic carbocycles. The molecular weight excluding hydrogens is 266 g/mol. The van der Waals surface area contributed by atoms with Gasteiger partial charge in [0, 0.05) is 10.7 Å². The maximum atomic E-state index is 10.9. The summed E-state index contributed by atoms with van der Waals surface area (Å²) in [6.45, 7) is 1.94. The number of rotatable bonds is 3. The zero-order valence-corrected chi connectivity index (χ0v) is 11.0. The molecular formula is C10H10ClNO2S2. The first-order valence-electron chi connectivity index (χ1n) is 4.73. The van der Waals surface area contributed by atoms with Gasteiger partial charge in [-0.3, -0.25) is 0 Å². The number of para-hydroxylation sites is 1. The van der Waals surface area contributed by atoms with Gasteiger partial charge >= 0.3 is 0 Å². The van der Waals surface area contributed by atoms with Crippen LogP contribution in [0.5, 0.6) is 0 Å². The minimum atomic E-state index is -3.44. The molecule has 0 aliphatic heterocycles. The Balaban J connectivity index is 2.37. The van der Waals surface area contributed by atoms with Gasteiger partial charge in [-0.25, -0.2) is 13.4 Å². The number of benzene rings is 1. The lowest BCUT2D eigenvalue weighted by molar-refractivity contribution is 0.609. The quantitative estimate of drug-likeness (QED) is 0.809. The fraction of sp³-hybridized carbons (Fsp3) is 0.300. The maximum Gasteiger partial charge on any atom is 0.232 e. The Labute approximate surface area is 103 Å². The Morgan fingerprint density at radius 1 is 1.44 bits per heavy atom. The summed E-state index contributed by atoms with van der Waals surface area (Å²) in [5.74, 6) is -0.0513. The molecule has 3 nitrogen and oxygen atoms in total. The van der Waals surface area contributed by atoms with Crippen molar-refractivity contribution in [1.29, 1.82) is 0 Å². The molecule has 0 unspecified atom stereocenters. The highest BCUT2D eigenvalue weighted by molar-refractivity contribution is 8.13. The molecule has 86 valence electrons. The summed E-state index contributed by atoms with van der Waals surface area (Å²) in [5, 5.41) is 0.983. The Kier molecular flexibility index (Phi) is 3.19. The van der Waals surface area contributed by atoms with Gasteiger partial charge in [0.05, 0.1) is 21.0 Å². The number of aryl methyl sites for hydroxylation is 2. The average Bonchev–Trinajstić information content (AvgIpc) is 2.54. The first-order chi connectivity index (χ1) is 7.46. The molecule has 1 heterocycles. The number of halogens is 1. The highest BCUT2D eigenvalue weighted by atomic mass is 35.7. The van der Waals surface area contributed by atoms with Crippen molar-refractivity contribution >= 4 is 41.3 Å². The smallest absolute Gasteiger partial charge is 0.232 e. The van der Waals surface area contributed by atoms with E-state index in [9.17, 15) is 8.42 Å². The van der Waals surface area contributed by atoms with Crippen LogP contribution in [-0.4, -0.2) is 19.2 Å². The summed E-state index contributed by atoms with van der Waals surface area (Å²) in [6, 6.07) is 5.79. The lowest BCUT2D eigenvalue weighted by Gasteiger charge is -1.99. The van der Waals surface area contributed by atoms with Crippen molar-refractivity contribution < 1.29 is 8.42 Å². The molecule has 0 spiro atoms. The predicted octanol–water partition coefficient (Wildman–Crippen LogP) is 2.72. The van der Waals surface area contributed by atoms with E-state index in [2.05, 4.69) is 4.98 Å². The number of fused-ring (bicyclic) bond motifs is 1. The zero-order chi connectivity index (χ0) is 11.8. The molecule has 0 fully saturated rings. The van der Waals surface area contributed by atoms with E-state index >= 15 is 0 Å². The highest BCUT2D eigenvalue weighted by Crippen LogP contribution is 2.25. The largest absolute Gasteiger partial charge is 0.241 e. The summed E-state index contributed by atoms with van der Waals surface area (Å²) < 4.78 is 22.9. The topological polar surface area (TPSA) is 47.0 Å². The van der Waals surface area contributed by atoms with E-state index < -0.39 is 9.05 Å². The molecule has 1 aromatic heterocycles. The molecule has 0 atom stereocenters. The summed E-state index contributed by atoms with van der Waals surface area (Å²) >= 11 is 1.61. The average molecular weight is 276 g/mol. The summed E-state index contributed by atoms with van der Waals surface area (Å²) in [5.41, 5.74) is 1.83. The van der Waals surface area contributed by atoms with Crippen LogP contribution in [0.3, 0.4) is 0 Å². The normalized spacial score (nSPS) is 12.1. The third-order valence-corrected chi connectivity index (χ3v) is 4.32. The number of nitrogens with zero attached hydrogens (tertiary/aromatic N) is 1. The van der Waals surface area contributed by atoms with Crippen LogP contribution in [0.1, 0.15) is 10.6 Å². The molecule has 16 heavy (non-hydrogen) atoms. The third kappa shape index (κ3) is 2.72. The van der Waals surface area contributed by atoms with Gasteiger partial charge in [-0.15, -0.1) is 11.3 Å². The molecule has 6 heteroatoms. The van der Waals surface area contributed by atoms with Gasteiger partial charge in [0.2, 0.25) is 9.05 Å². The van der Waals surface area contributed by atoms with Gasteiger partial charge in [0.1, 0.15) is 0 Å². The molecule has 0 amide bonds. The Morgan fingerprint density at radius 2 is 2.19 bits per heavy atom. The van der Waals surface area contributed by atoms with Crippen molar-refractivity contribution in [2.45, 2.75) is 13.3 Å². The van der Waals surface area contributed by atoms with Gasteiger partial charge in [-0.05, 0) is 25.0 Å². The number of hydrogen-bond acceptors (Lipinski definition) is 4. The minimum absolute atomic E-state index is 0.0513. The standard InChI is InChI=1S/C10H10ClNO2S2/c1-7-12-10-8(5-6-16(11,13)14)3-2-4-9(10)15-7/h2-4H,5-6H2,1H3. The molecule has 0 radical (unpaired) electrons. The van der Waals surface area contributed by atoms with Crippen molar-refractivity contribution in [1.82, 2.24) is 4.98 Å². The summed E-state index contributed by atoms with van der Waals surface area (Å²) in [6.07, 6.45) is 0.409. The minimum Gasteiger partial charge on any atom is -0.241 e. The van der Waals surface area contributed by atoms with Crippen molar-refractivity contribution in [3.63, 3.8) is 0 Å². The number of hydrogen-bond donors (Lipinski definition) is 0. The van der Waals surface area contributed by atoms with Crippen LogP contribution in [-0.2, 0) is 15.5 Å². The molecule has 0 N–H and O–H groups in total. The zero-order valence-electron chi connectivity index (χ0n) is 8.60. The lowest BCUT2D eigenvalue weighted by atomic mass is 10.1. The third-order valence-electron chi connectivity index (χ3n) is 2.22. The predicted molar refractivity (Wildman–Crippen MR) is 67.7 cm³/mol. The van der Waals surface area contributed by atoms with E-state index in [1.54, 1.807) is 11.3 Å². The monoisotopic (exact) mass is 275 g/mol. The lowest BCUT2D eigenvalue weighted by Crippen LogP contribution is -2.01. The second-order valence-corrected chi connectivity index (χ2v) is 7.62. The fourth-order valence-corrected chi connectivity index (χ4v) is 3.12. The fourth-order valence-electron chi connectivity index (χ4n) is 1.55. The van der Waals surface area contributed by atoms with Crippen molar-refractivity contribution in [2.75, 3.05) is 5.75 Å². The Hall–Kier alpha value is -0.650. The van der Waals surface area contributed by atoms with Gasteiger partial charge in [0.25, 0.3) is 0 Å². The van der Waals surface area contributed by atoms with E-state index in [0.29, 0.717) is 6.42 Å². The molecule has 0 aliphatic rings. The van der Waals surface area contributed by atoms with Crippen LogP contribution < -0.4 is 0 Å². The van der Waals surface area contributed by atoms with Crippen LogP contribution in [0.4, 0.5) is 0 Å². The van der Waals surface area contributed by atoms with Crippen LogP contribution in [0.25, 0.3) is 10.2 Å². The molecule has 2 rings (SSSR count). The van der Waals surface area contributed by atoms with Crippen molar-refractivity contribution in [2.24, 2.45) is 0 Å². The van der Waals surface area contributed by atoms with E-state index in [0.717, 1.165) is 20.8 Å². The Morgan fingerprint density at radius 3 is 2.88 bits per heavy atom. The molecule has 0 aliphatic carbocycles. The first kappa shape index (κ1) is 11.8. The van der Waals surface area contributed by atoms with Crippen LogP contribution in [0.15, 0.2) is 18.2 Å². The second kappa shape index (κ2) is 4.31. The van der Waals surface area contributed by atoms with Crippen LogP contribution in [0.2, 0.25) is 0 Å². The Bertz CT molecular complexity index is 619. The van der Waals surface area contributed by atoms with Gasteiger partial charge in [0.15, 0.2) is 0 Å². The van der Waals surface area contributed by atoms with Crippen molar-refractivity contribution in [3.8, 4) is 0 Å². The van der Waals surface area contributed by atoms with E-state index in [4.69, 9.17) is 10.7 Å². The van der Waals surface area contributed by atoms with Gasteiger partial charge < -0.3 is 0 Å². The van der Waals surface area contributed by atoms with Crippen LogP contribution >= 0.6 is 22.0 Å². The highest BCUT2D eigenvalue weighted by Gasteiger charge is 2.10. The van der Waals surface area contributed by atoms with E-state index in [1.807, 2.05) is 25.1 Å². The molecule has 0 saturated carbocycles. The van der Waals surface area contributed by atoms with Gasteiger partial charge in [-0.2, -0.15) is 0 Å². The van der Waals surface area contributed by atoms with Gasteiger partial charge in [-0.1, -0.05) is 12.1 Å². The first-order valence-corrected chi connectivity index (χ1v) is 8.02. The number of aromatic nitrogens is 1. The van der Waals surface area contributed by atoms with Crippen LogP contribution in [0, 0.1) is 6.92 Å². The van der Waals surface area contributed by atoms with E-state index in [-0.39, 0.29) is 5.75 Å². The maximum absolute atomic E-state index is 10.9. The van der Waals surface area contributed by atoms with E-state index in [1.165, 1.54) is 0 Å². The number of thiazole rings is 1. The SMILES string of the molecule is Cc1nc2c(CCS(=O)(=O)Cl)cccc2s1. The second-order valence-electron chi connectivity index (χ2n) is 3.49.